The second-order valence-corrected chi connectivity index (χ2v) is 8.82. The molecular formula is C29H19N3OS. The topological polar surface area (TPSA) is 54.9 Å². The van der Waals surface area contributed by atoms with Crippen LogP contribution in [-0.2, 0) is 0 Å². The fourth-order valence-electron chi connectivity index (χ4n) is 4.19. The Bertz CT molecular complexity index is 1650. The first-order valence-corrected chi connectivity index (χ1v) is 11.8. The van der Waals surface area contributed by atoms with E-state index >= 15 is 0 Å². The van der Waals surface area contributed by atoms with E-state index in [2.05, 4.69) is 29.6 Å². The number of thiazole rings is 1. The van der Waals surface area contributed by atoms with Crippen LogP contribution in [0.25, 0.3) is 44.2 Å². The van der Waals surface area contributed by atoms with Gasteiger partial charge in [-0.15, -0.1) is 11.3 Å². The van der Waals surface area contributed by atoms with Crippen LogP contribution in [0.1, 0.15) is 10.4 Å². The van der Waals surface area contributed by atoms with Gasteiger partial charge < -0.3 is 0 Å². The molecule has 6 rings (SSSR count). The van der Waals surface area contributed by atoms with E-state index in [4.69, 9.17) is 9.97 Å². The van der Waals surface area contributed by atoms with Gasteiger partial charge in [-0.25, -0.2) is 9.97 Å². The van der Waals surface area contributed by atoms with Gasteiger partial charge in [0.05, 0.1) is 22.5 Å². The van der Waals surface area contributed by atoms with Crippen LogP contribution < -0.4 is 5.32 Å². The smallest absolute Gasteiger partial charge is 0.258 e. The minimum Gasteiger partial charge on any atom is -0.298 e. The van der Waals surface area contributed by atoms with Crippen LogP contribution >= 0.6 is 11.3 Å². The highest BCUT2D eigenvalue weighted by atomic mass is 32.1. The Kier molecular flexibility index (Phi) is 5.09. The molecule has 0 fully saturated rings. The van der Waals surface area contributed by atoms with E-state index in [1.165, 1.54) is 11.3 Å². The molecule has 4 aromatic carbocycles. The lowest BCUT2D eigenvalue weighted by Crippen LogP contribution is -2.13. The highest BCUT2D eigenvalue weighted by Crippen LogP contribution is 2.32. The van der Waals surface area contributed by atoms with E-state index in [1.807, 2.05) is 84.2 Å². The fraction of sp³-hybridized carbons (Fsp3) is 0. The van der Waals surface area contributed by atoms with Crippen LogP contribution in [-0.4, -0.2) is 15.9 Å². The molecule has 0 bridgehead atoms. The molecule has 34 heavy (non-hydrogen) atoms. The lowest BCUT2D eigenvalue weighted by atomic mass is 10.0. The molecule has 0 radical (unpaired) electrons. The SMILES string of the molecule is O=C(Nc1nc(-c2cccc3ccccc23)cs1)c1cc(-c2ccccc2)nc2ccccc12. The van der Waals surface area contributed by atoms with Crippen LogP contribution in [0.4, 0.5) is 5.13 Å². The highest BCUT2D eigenvalue weighted by Gasteiger charge is 2.16. The van der Waals surface area contributed by atoms with Crippen molar-refractivity contribution in [2.45, 2.75) is 0 Å². The summed E-state index contributed by atoms with van der Waals surface area (Å²) >= 11 is 1.42. The van der Waals surface area contributed by atoms with Crippen molar-refractivity contribution in [2.75, 3.05) is 5.32 Å². The van der Waals surface area contributed by atoms with Gasteiger partial charge in [-0.3, -0.25) is 10.1 Å². The molecule has 0 saturated heterocycles. The summed E-state index contributed by atoms with van der Waals surface area (Å²) in [5.41, 5.74) is 4.99. The summed E-state index contributed by atoms with van der Waals surface area (Å²) in [5.74, 6) is -0.199. The van der Waals surface area contributed by atoms with E-state index in [9.17, 15) is 4.79 Å². The minimum atomic E-state index is -0.199. The summed E-state index contributed by atoms with van der Waals surface area (Å²) < 4.78 is 0. The van der Waals surface area contributed by atoms with Gasteiger partial charge in [-0.2, -0.15) is 0 Å². The number of aromatic nitrogens is 2. The Morgan fingerprint density at radius 2 is 1.44 bits per heavy atom. The fourth-order valence-corrected chi connectivity index (χ4v) is 4.89. The van der Waals surface area contributed by atoms with E-state index in [1.54, 1.807) is 0 Å². The van der Waals surface area contributed by atoms with Gasteiger partial charge in [0.1, 0.15) is 0 Å². The summed E-state index contributed by atoms with van der Waals surface area (Å²) in [6, 6.07) is 33.9. The lowest BCUT2D eigenvalue weighted by Gasteiger charge is -2.09. The summed E-state index contributed by atoms with van der Waals surface area (Å²) in [4.78, 5) is 22.9. The van der Waals surface area contributed by atoms with Gasteiger partial charge in [0, 0.05) is 21.9 Å². The van der Waals surface area contributed by atoms with Gasteiger partial charge in [0.15, 0.2) is 5.13 Å². The van der Waals surface area contributed by atoms with Gasteiger partial charge >= 0.3 is 0 Å². The Morgan fingerprint density at radius 1 is 0.706 bits per heavy atom. The number of fused-ring (bicyclic) bond motifs is 2. The molecule has 1 amide bonds. The number of pyridine rings is 1. The standard InChI is InChI=1S/C29H19N3OS/c33-28(24-17-26(20-10-2-1-3-11-20)30-25-16-7-6-14-23(24)25)32-29-31-27(18-34-29)22-15-8-12-19-9-4-5-13-21(19)22/h1-18H,(H,31,32,33). The van der Waals surface area contributed by atoms with Gasteiger partial charge in [0.2, 0.25) is 0 Å². The predicted octanol–water partition coefficient (Wildman–Crippen LogP) is 7.43. The minimum absolute atomic E-state index is 0.199. The molecule has 0 unspecified atom stereocenters. The third kappa shape index (κ3) is 3.72. The third-order valence-electron chi connectivity index (χ3n) is 5.82. The van der Waals surface area contributed by atoms with Crippen molar-refractivity contribution in [3.8, 4) is 22.5 Å². The van der Waals surface area contributed by atoms with Crippen LogP contribution in [0, 0.1) is 0 Å². The Labute approximate surface area is 200 Å². The first-order chi connectivity index (χ1) is 16.8. The number of nitrogens with one attached hydrogen (secondary N) is 1. The Balaban J connectivity index is 1.36. The summed E-state index contributed by atoms with van der Waals surface area (Å²) in [7, 11) is 0. The van der Waals surface area contributed by atoms with Crippen molar-refractivity contribution < 1.29 is 4.79 Å². The predicted molar refractivity (Wildman–Crippen MR) is 140 cm³/mol. The van der Waals surface area contributed by atoms with Gasteiger partial charge in [-0.05, 0) is 22.9 Å². The maximum absolute atomic E-state index is 13.4. The molecule has 0 saturated carbocycles. The molecule has 162 valence electrons. The summed E-state index contributed by atoms with van der Waals surface area (Å²) in [5, 5.41) is 8.67. The molecular weight excluding hydrogens is 438 g/mol. The van der Waals surface area contributed by atoms with E-state index in [0.29, 0.717) is 10.7 Å². The second kappa shape index (κ2) is 8.54. The number of hydrogen-bond donors (Lipinski definition) is 1. The molecule has 0 aliphatic heterocycles. The number of amides is 1. The van der Waals surface area contributed by atoms with E-state index in [-0.39, 0.29) is 5.91 Å². The zero-order chi connectivity index (χ0) is 22.9. The van der Waals surface area contributed by atoms with Crippen LogP contribution in [0.3, 0.4) is 0 Å². The summed E-state index contributed by atoms with van der Waals surface area (Å²) in [6.07, 6.45) is 0. The number of anilines is 1. The average Bonchev–Trinajstić information content (AvgIpc) is 3.36. The van der Waals surface area contributed by atoms with Gasteiger partial charge in [-0.1, -0.05) is 91.0 Å². The number of para-hydroxylation sites is 1. The maximum Gasteiger partial charge on any atom is 0.258 e. The highest BCUT2D eigenvalue weighted by molar-refractivity contribution is 7.14. The van der Waals surface area contributed by atoms with E-state index < -0.39 is 0 Å². The number of carbonyl (C=O) groups is 1. The Hall–Kier alpha value is -4.35. The molecule has 0 aliphatic carbocycles. The zero-order valence-electron chi connectivity index (χ0n) is 18.1. The second-order valence-electron chi connectivity index (χ2n) is 7.96. The van der Waals surface area contributed by atoms with E-state index in [0.717, 1.165) is 44.2 Å². The molecule has 2 aromatic heterocycles. The molecule has 4 nitrogen and oxygen atoms in total. The number of carbonyl (C=O) groups excluding carboxylic acids is 1. The molecule has 0 spiro atoms. The van der Waals surface area contributed by atoms with Crippen molar-refractivity contribution in [1.82, 2.24) is 9.97 Å². The molecule has 0 aliphatic rings. The number of hydrogen-bond acceptors (Lipinski definition) is 4. The Morgan fingerprint density at radius 3 is 2.32 bits per heavy atom. The van der Waals surface area contributed by atoms with Crippen molar-refractivity contribution in [3.63, 3.8) is 0 Å². The number of benzene rings is 4. The largest absolute Gasteiger partial charge is 0.298 e. The van der Waals surface area contributed by atoms with Gasteiger partial charge in [0.25, 0.3) is 5.91 Å². The number of nitrogens with zero attached hydrogens (tertiary/aromatic N) is 2. The normalized spacial score (nSPS) is 11.1. The molecule has 6 aromatic rings. The third-order valence-corrected chi connectivity index (χ3v) is 6.58. The van der Waals surface area contributed by atoms with Crippen LogP contribution in [0.5, 0.6) is 0 Å². The maximum atomic E-state index is 13.4. The van der Waals surface area contributed by atoms with Crippen molar-refractivity contribution in [3.05, 3.63) is 114 Å². The molecule has 2 heterocycles. The molecule has 1 N–H and O–H groups in total. The number of rotatable bonds is 4. The quantitative estimate of drug-likeness (QED) is 0.299. The van der Waals surface area contributed by atoms with Crippen molar-refractivity contribution in [1.29, 1.82) is 0 Å². The van der Waals surface area contributed by atoms with Crippen LogP contribution in [0.2, 0.25) is 0 Å². The van der Waals surface area contributed by atoms with Crippen LogP contribution in [0.15, 0.2) is 109 Å². The molecule has 5 heteroatoms. The average molecular weight is 458 g/mol. The van der Waals surface area contributed by atoms with Crippen molar-refractivity contribution in [2.24, 2.45) is 0 Å². The lowest BCUT2D eigenvalue weighted by molar-refractivity contribution is 0.102. The molecule has 0 atom stereocenters. The monoisotopic (exact) mass is 457 g/mol. The summed E-state index contributed by atoms with van der Waals surface area (Å²) in [6.45, 7) is 0. The first-order valence-electron chi connectivity index (χ1n) is 11.0. The van der Waals surface area contributed by atoms with Crippen molar-refractivity contribution >= 4 is 44.1 Å². The first kappa shape index (κ1) is 20.3. The zero-order valence-corrected chi connectivity index (χ0v) is 18.9.